The first-order chi connectivity index (χ1) is 14.6. The first-order valence-electron chi connectivity index (χ1n) is 10.0. The number of nitrogens with zero attached hydrogens (tertiary/aromatic N) is 2. The van der Waals surface area contributed by atoms with Crippen LogP contribution in [0.2, 0.25) is 0 Å². The molecule has 152 valence electrons. The van der Waals surface area contributed by atoms with Crippen molar-refractivity contribution in [3.8, 4) is 5.69 Å². The van der Waals surface area contributed by atoms with Crippen molar-refractivity contribution >= 4 is 12.0 Å². The molecule has 1 atom stereocenters. The van der Waals surface area contributed by atoms with Gasteiger partial charge in [-0.1, -0.05) is 18.2 Å². The summed E-state index contributed by atoms with van der Waals surface area (Å²) >= 11 is 0. The molecule has 1 saturated heterocycles. The molecule has 5 nitrogen and oxygen atoms in total. The van der Waals surface area contributed by atoms with E-state index >= 15 is 0 Å². The molecule has 0 radical (unpaired) electrons. The van der Waals surface area contributed by atoms with Gasteiger partial charge in [0.1, 0.15) is 5.82 Å². The number of aromatic nitrogens is 2. The van der Waals surface area contributed by atoms with Crippen LogP contribution < -0.4 is 0 Å². The number of carbonyl (C=O) groups is 1. The van der Waals surface area contributed by atoms with E-state index in [9.17, 15) is 14.3 Å². The minimum absolute atomic E-state index is 0.275. The van der Waals surface area contributed by atoms with Gasteiger partial charge in [-0.2, -0.15) is 5.10 Å². The van der Waals surface area contributed by atoms with Crippen molar-refractivity contribution in [3.63, 3.8) is 0 Å². The number of hydrogen-bond acceptors (Lipinski definition) is 3. The Morgan fingerprint density at radius 3 is 2.80 bits per heavy atom. The van der Waals surface area contributed by atoms with E-state index in [1.54, 1.807) is 24.3 Å². The van der Waals surface area contributed by atoms with E-state index in [1.165, 1.54) is 17.7 Å². The smallest absolute Gasteiger partial charge is 0.335 e. The van der Waals surface area contributed by atoms with Gasteiger partial charge in [0.05, 0.1) is 35.3 Å². The normalized spacial score (nSPS) is 19.8. The summed E-state index contributed by atoms with van der Waals surface area (Å²) in [5.41, 5.74) is 4.86. The fourth-order valence-electron chi connectivity index (χ4n) is 4.59. The number of fused-ring (bicyclic) bond motifs is 2. The molecule has 0 amide bonds. The number of aromatic carboxylic acids is 1. The maximum atomic E-state index is 13.3. The predicted molar refractivity (Wildman–Crippen MR) is 110 cm³/mol. The Labute approximate surface area is 173 Å². The minimum Gasteiger partial charge on any atom is -0.478 e. The van der Waals surface area contributed by atoms with E-state index in [-0.39, 0.29) is 5.82 Å². The van der Waals surface area contributed by atoms with Crippen molar-refractivity contribution in [2.75, 3.05) is 6.61 Å². The summed E-state index contributed by atoms with van der Waals surface area (Å²) in [7, 11) is 0. The SMILES string of the molecule is O=C(O)c1ccccc1CCC12Cc3cnn(-c4ccc(F)cc4)c3C=C1CCO2. The third-order valence-corrected chi connectivity index (χ3v) is 6.13. The molecular formula is C24H21FN2O3. The molecule has 3 aromatic rings. The Balaban J connectivity index is 1.45. The summed E-state index contributed by atoms with van der Waals surface area (Å²) in [6.45, 7) is 0.653. The highest BCUT2D eigenvalue weighted by Gasteiger charge is 2.43. The van der Waals surface area contributed by atoms with Crippen molar-refractivity contribution in [1.29, 1.82) is 0 Å². The standard InChI is InChI=1S/C24H21FN2O3/c25-19-5-7-20(8-6-19)27-22-13-18-10-12-30-24(18,14-17(22)15-26-27)11-9-16-3-1-2-4-21(16)23(28)29/h1-8,13,15H,9-12,14H2,(H,28,29). The zero-order valence-corrected chi connectivity index (χ0v) is 16.3. The Bertz CT molecular complexity index is 1150. The van der Waals surface area contributed by atoms with Crippen LogP contribution in [0.1, 0.15) is 40.0 Å². The fourth-order valence-corrected chi connectivity index (χ4v) is 4.59. The number of hydrogen-bond donors (Lipinski definition) is 1. The van der Waals surface area contributed by atoms with Gasteiger partial charge in [-0.25, -0.2) is 13.9 Å². The van der Waals surface area contributed by atoms with Gasteiger partial charge in [0.2, 0.25) is 0 Å². The van der Waals surface area contributed by atoms with Crippen LogP contribution in [-0.2, 0) is 17.6 Å². The number of rotatable bonds is 5. The van der Waals surface area contributed by atoms with E-state index in [4.69, 9.17) is 4.74 Å². The van der Waals surface area contributed by atoms with Crippen LogP contribution >= 0.6 is 0 Å². The van der Waals surface area contributed by atoms with Crippen molar-refractivity contribution in [3.05, 3.63) is 88.5 Å². The Hall–Kier alpha value is -3.25. The lowest BCUT2D eigenvalue weighted by atomic mass is 9.78. The molecule has 1 aliphatic heterocycles. The highest BCUT2D eigenvalue weighted by atomic mass is 19.1. The summed E-state index contributed by atoms with van der Waals surface area (Å²) in [6, 6.07) is 13.4. The number of carboxylic acid groups (broad SMARTS) is 1. The van der Waals surface area contributed by atoms with Gasteiger partial charge in [-0.15, -0.1) is 0 Å². The van der Waals surface area contributed by atoms with E-state index in [2.05, 4.69) is 11.2 Å². The van der Waals surface area contributed by atoms with E-state index in [0.29, 0.717) is 31.4 Å². The Kier molecular flexibility index (Phi) is 4.51. The average molecular weight is 404 g/mol. The third-order valence-electron chi connectivity index (χ3n) is 6.13. The fraction of sp³-hybridized carbons (Fsp3) is 0.250. The monoisotopic (exact) mass is 404 g/mol. The zero-order chi connectivity index (χ0) is 20.7. The van der Waals surface area contributed by atoms with Crippen LogP contribution in [0.5, 0.6) is 0 Å². The number of benzene rings is 2. The zero-order valence-electron chi connectivity index (χ0n) is 16.3. The molecule has 0 bridgehead atoms. The number of ether oxygens (including phenoxy) is 1. The highest BCUT2D eigenvalue weighted by molar-refractivity contribution is 5.89. The second-order valence-corrected chi connectivity index (χ2v) is 7.84. The van der Waals surface area contributed by atoms with Crippen molar-refractivity contribution in [1.82, 2.24) is 9.78 Å². The highest BCUT2D eigenvalue weighted by Crippen LogP contribution is 2.44. The molecular weight excluding hydrogens is 383 g/mol. The molecule has 1 fully saturated rings. The molecule has 2 aliphatic rings. The van der Waals surface area contributed by atoms with Crippen LogP contribution in [0, 0.1) is 5.82 Å². The van der Waals surface area contributed by atoms with Gasteiger partial charge in [0.15, 0.2) is 0 Å². The van der Waals surface area contributed by atoms with Gasteiger partial charge < -0.3 is 9.84 Å². The molecule has 2 heterocycles. The molecule has 0 spiro atoms. The molecule has 2 aromatic carbocycles. The number of carboxylic acids is 1. The van der Waals surface area contributed by atoms with Gasteiger partial charge >= 0.3 is 5.97 Å². The maximum absolute atomic E-state index is 13.3. The minimum atomic E-state index is -0.905. The average Bonchev–Trinajstić information content (AvgIpc) is 3.34. The third kappa shape index (κ3) is 3.13. The molecule has 1 aliphatic carbocycles. The lowest BCUT2D eigenvalue weighted by Gasteiger charge is -2.33. The van der Waals surface area contributed by atoms with Gasteiger partial charge in [-0.3, -0.25) is 0 Å². The van der Waals surface area contributed by atoms with E-state index < -0.39 is 11.6 Å². The van der Waals surface area contributed by atoms with Crippen LogP contribution in [0.25, 0.3) is 11.8 Å². The second-order valence-electron chi connectivity index (χ2n) is 7.84. The topological polar surface area (TPSA) is 64.3 Å². The Morgan fingerprint density at radius 1 is 1.20 bits per heavy atom. The van der Waals surface area contributed by atoms with Crippen molar-refractivity contribution < 1.29 is 19.0 Å². The quantitative estimate of drug-likeness (QED) is 0.683. The van der Waals surface area contributed by atoms with Crippen LogP contribution in [0.3, 0.4) is 0 Å². The maximum Gasteiger partial charge on any atom is 0.335 e. The van der Waals surface area contributed by atoms with Crippen LogP contribution in [-0.4, -0.2) is 33.1 Å². The van der Waals surface area contributed by atoms with E-state index in [0.717, 1.165) is 28.9 Å². The van der Waals surface area contributed by atoms with Gasteiger partial charge in [-0.05, 0) is 66.8 Å². The van der Waals surface area contributed by atoms with Crippen LogP contribution in [0.4, 0.5) is 4.39 Å². The summed E-state index contributed by atoms with van der Waals surface area (Å²) in [5.74, 6) is -1.18. The van der Waals surface area contributed by atoms with Gasteiger partial charge in [0, 0.05) is 12.0 Å². The molecule has 5 rings (SSSR count). The summed E-state index contributed by atoms with van der Waals surface area (Å²) in [4.78, 5) is 11.5. The number of halogens is 1. The first-order valence-corrected chi connectivity index (χ1v) is 10.0. The molecule has 1 N–H and O–H groups in total. The first kappa shape index (κ1) is 18.8. The van der Waals surface area contributed by atoms with Gasteiger partial charge in [0.25, 0.3) is 0 Å². The second kappa shape index (κ2) is 7.22. The molecule has 1 unspecified atom stereocenters. The summed E-state index contributed by atoms with van der Waals surface area (Å²) in [5, 5.41) is 14.0. The molecule has 6 heteroatoms. The molecule has 0 saturated carbocycles. The summed E-state index contributed by atoms with van der Waals surface area (Å²) < 4.78 is 21.4. The molecule has 1 aromatic heterocycles. The lowest BCUT2D eigenvalue weighted by Crippen LogP contribution is -2.35. The van der Waals surface area contributed by atoms with Crippen molar-refractivity contribution in [2.24, 2.45) is 0 Å². The molecule has 30 heavy (non-hydrogen) atoms. The number of aryl methyl sites for hydroxylation is 1. The van der Waals surface area contributed by atoms with Crippen molar-refractivity contribution in [2.45, 2.75) is 31.3 Å². The predicted octanol–water partition coefficient (Wildman–Crippen LogP) is 4.44. The Morgan fingerprint density at radius 2 is 2.00 bits per heavy atom. The van der Waals surface area contributed by atoms with E-state index in [1.807, 2.05) is 23.0 Å². The lowest BCUT2D eigenvalue weighted by molar-refractivity contribution is 0.0175. The largest absolute Gasteiger partial charge is 0.478 e. The van der Waals surface area contributed by atoms with Crippen LogP contribution in [0.15, 0.2) is 60.3 Å². The summed E-state index contributed by atoms with van der Waals surface area (Å²) in [6.07, 6.45) is 6.87.